The molecule has 1 atom stereocenters. The van der Waals surface area contributed by atoms with E-state index in [1.165, 1.54) is 11.9 Å². The van der Waals surface area contributed by atoms with Gasteiger partial charge in [-0.2, -0.15) is 0 Å². The molecule has 3 nitrogen and oxygen atoms in total. The molecule has 1 heterocycles. The van der Waals surface area contributed by atoms with Gasteiger partial charge in [-0.3, -0.25) is 0 Å². The van der Waals surface area contributed by atoms with Gasteiger partial charge in [0.05, 0.1) is 6.04 Å². The third-order valence-corrected chi connectivity index (χ3v) is 2.34. The van der Waals surface area contributed by atoms with Crippen LogP contribution in [-0.2, 0) is 0 Å². The van der Waals surface area contributed by atoms with Crippen molar-refractivity contribution in [2.24, 2.45) is 5.73 Å². The zero-order chi connectivity index (χ0) is 10.7. The normalized spacial score (nSPS) is 12.4. The van der Waals surface area contributed by atoms with Gasteiger partial charge in [0, 0.05) is 18.0 Å². The summed E-state index contributed by atoms with van der Waals surface area (Å²) in [5.74, 6) is 0. The van der Waals surface area contributed by atoms with Crippen LogP contribution in [0.25, 0.3) is 0 Å². The van der Waals surface area contributed by atoms with Crippen molar-refractivity contribution in [3.05, 3.63) is 59.7 Å². The van der Waals surface area contributed by atoms with Crippen molar-refractivity contribution in [3.63, 3.8) is 0 Å². The van der Waals surface area contributed by atoms with E-state index in [0.717, 1.165) is 11.1 Å². The zero-order valence-corrected chi connectivity index (χ0v) is 8.59. The standard InChI is InChI=1S/C12H13N3/c1-9-3-2-4-10(5-9)12(13)11-6-14-8-15-7-11/h2-8,12H,13H2,1H3. The number of aromatic nitrogens is 2. The van der Waals surface area contributed by atoms with E-state index in [2.05, 4.69) is 29.0 Å². The lowest BCUT2D eigenvalue weighted by molar-refractivity contribution is 0.849. The topological polar surface area (TPSA) is 51.8 Å². The molecule has 0 saturated heterocycles. The Balaban J connectivity index is 2.32. The van der Waals surface area contributed by atoms with E-state index in [1.54, 1.807) is 12.4 Å². The maximum atomic E-state index is 6.11. The first-order chi connectivity index (χ1) is 7.27. The Hall–Kier alpha value is -1.74. The molecule has 0 bridgehead atoms. The number of benzene rings is 1. The van der Waals surface area contributed by atoms with E-state index < -0.39 is 0 Å². The van der Waals surface area contributed by atoms with E-state index in [0.29, 0.717) is 0 Å². The fourth-order valence-corrected chi connectivity index (χ4v) is 1.53. The minimum absolute atomic E-state index is 0.147. The lowest BCUT2D eigenvalue weighted by Gasteiger charge is -2.11. The fraction of sp³-hybridized carbons (Fsp3) is 0.167. The highest BCUT2D eigenvalue weighted by Crippen LogP contribution is 2.18. The van der Waals surface area contributed by atoms with Gasteiger partial charge in [-0.05, 0) is 12.5 Å². The second kappa shape index (κ2) is 4.19. The molecule has 0 aliphatic rings. The van der Waals surface area contributed by atoms with Crippen molar-refractivity contribution < 1.29 is 0 Å². The van der Waals surface area contributed by atoms with Crippen molar-refractivity contribution in [1.82, 2.24) is 9.97 Å². The molecule has 1 aromatic carbocycles. The molecule has 0 aliphatic carbocycles. The van der Waals surface area contributed by atoms with Gasteiger partial charge in [0.1, 0.15) is 6.33 Å². The third-order valence-electron chi connectivity index (χ3n) is 2.34. The number of nitrogens with zero attached hydrogens (tertiary/aromatic N) is 2. The third kappa shape index (κ3) is 2.19. The van der Waals surface area contributed by atoms with Crippen LogP contribution in [0.4, 0.5) is 0 Å². The number of aryl methyl sites for hydroxylation is 1. The second-order valence-corrected chi connectivity index (χ2v) is 3.56. The lowest BCUT2D eigenvalue weighted by atomic mass is 10.0. The van der Waals surface area contributed by atoms with Gasteiger partial charge in [-0.25, -0.2) is 9.97 Å². The van der Waals surface area contributed by atoms with E-state index in [-0.39, 0.29) is 6.04 Å². The molecule has 0 aliphatic heterocycles. The summed E-state index contributed by atoms with van der Waals surface area (Å²) in [6, 6.07) is 8.01. The predicted molar refractivity (Wildman–Crippen MR) is 59.2 cm³/mol. The van der Waals surface area contributed by atoms with Gasteiger partial charge in [-0.15, -0.1) is 0 Å². The van der Waals surface area contributed by atoms with Crippen molar-refractivity contribution in [1.29, 1.82) is 0 Å². The summed E-state index contributed by atoms with van der Waals surface area (Å²) in [6.07, 6.45) is 5.01. The molecular formula is C12H13N3. The summed E-state index contributed by atoms with van der Waals surface area (Å²) in [6.45, 7) is 2.05. The van der Waals surface area contributed by atoms with Crippen LogP contribution >= 0.6 is 0 Å². The molecule has 76 valence electrons. The SMILES string of the molecule is Cc1cccc(C(N)c2cncnc2)c1. The van der Waals surface area contributed by atoms with Gasteiger partial charge >= 0.3 is 0 Å². The summed E-state index contributed by atoms with van der Waals surface area (Å²) in [4.78, 5) is 7.93. The van der Waals surface area contributed by atoms with Crippen LogP contribution in [0.3, 0.4) is 0 Å². The lowest BCUT2D eigenvalue weighted by Crippen LogP contribution is -2.12. The largest absolute Gasteiger partial charge is 0.320 e. The maximum absolute atomic E-state index is 6.11. The molecular weight excluding hydrogens is 186 g/mol. The van der Waals surface area contributed by atoms with E-state index >= 15 is 0 Å². The number of hydrogen-bond acceptors (Lipinski definition) is 3. The molecule has 15 heavy (non-hydrogen) atoms. The molecule has 1 unspecified atom stereocenters. The number of nitrogens with two attached hydrogens (primary N) is 1. The first-order valence-corrected chi connectivity index (χ1v) is 4.84. The number of hydrogen-bond donors (Lipinski definition) is 1. The van der Waals surface area contributed by atoms with Crippen LogP contribution < -0.4 is 5.73 Å². The van der Waals surface area contributed by atoms with Crippen LogP contribution in [0.2, 0.25) is 0 Å². The first-order valence-electron chi connectivity index (χ1n) is 4.84. The van der Waals surface area contributed by atoms with Gasteiger partial charge in [-0.1, -0.05) is 29.8 Å². The summed E-state index contributed by atoms with van der Waals surface area (Å²) >= 11 is 0. The van der Waals surface area contributed by atoms with Crippen LogP contribution in [-0.4, -0.2) is 9.97 Å². The average molecular weight is 199 g/mol. The fourth-order valence-electron chi connectivity index (χ4n) is 1.53. The smallest absolute Gasteiger partial charge is 0.115 e. The van der Waals surface area contributed by atoms with Crippen molar-refractivity contribution in [3.8, 4) is 0 Å². The molecule has 2 N–H and O–H groups in total. The van der Waals surface area contributed by atoms with Crippen molar-refractivity contribution >= 4 is 0 Å². The Labute approximate surface area is 89.0 Å². The maximum Gasteiger partial charge on any atom is 0.115 e. The minimum Gasteiger partial charge on any atom is -0.320 e. The quantitative estimate of drug-likeness (QED) is 0.802. The molecule has 1 aromatic heterocycles. The van der Waals surface area contributed by atoms with E-state index in [1.807, 2.05) is 12.1 Å². The second-order valence-electron chi connectivity index (χ2n) is 3.56. The highest BCUT2D eigenvalue weighted by Gasteiger charge is 2.08. The minimum atomic E-state index is -0.147. The van der Waals surface area contributed by atoms with Gasteiger partial charge in [0.2, 0.25) is 0 Å². The Morgan fingerprint density at radius 3 is 2.53 bits per heavy atom. The molecule has 0 radical (unpaired) electrons. The average Bonchev–Trinajstić information content (AvgIpc) is 2.29. The number of rotatable bonds is 2. The molecule has 0 fully saturated rings. The van der Waals surface area contributed by atoms with Crippen LogP contribution in [0.15, 0.2) is 43.0 Å². The summed E-state index contributed by atoms with van der Waals surface area (Å²) in [5.41, 5.74) is 9.33. The summed E-state index contributed by atoms with van der Waals surface area (Å²) in [5, 5.41) is 0. The molecule has 3 heteroatoms. The molecule has 2 aromatic rings. The van der Waals surface area contributed by atoms with Gasteiger partial charge < -0.3 is 5.73 Å². The summed E-state index contributed by atoms with van der Waals surface area (Å²) in [7, 11) is 0. The molecule has 0 saturated carbocycles. The van der Waals surface area contributed by atoms with Crippen LogP contribution in [0.5, 0.6) is 0 Å². The first kappa shape index (κ1) is 9.80. The highest BCUT2D eigenvalue weighted by molar-refractivity contribution is 5.31. The molecule has 0 spiro atoms. The van der Waals surface area contributed by atoms with E-state index in [4.69, 9.17) is 5.73 Å². The van der Waals surface area contributed by atoms with Crippen LogP contribution in [0.1, 0.15) is 22.7 Å². The summed E-state index contributed by atoms with van der Waals surface area (Å²) < 4.78 is 0. The Morgan fingerprint density at radius 1 is 1.13 bits per heavy atom. The monoisotopic (exact) mass is 199 g/mol. The van der Waals surface area contributed by atoms with Crippen molar-refractivity contribution in [2.45, 2.75) is 13.0 Å². The van der Waals surface area contributed by atoms with Gasteiger partial charge in [0.15, 0.2) is 0 Å². The Kier molecular flexibility index (Phi) is 2.74. The van der Waals surface area contributed by atoms with Crippen molar-refractivity contribution in [2.75, 3.05) is 0 Å². The zero-order valence-electron chi connectivity index (χ0n) is 8.59. The predicted octanol–water partition coefficient (Wildman–Crippen LogP) is 1.83. The molecule has 0 amide bonds. The van der Waals surface area contributed by atoms with Gasteiger partial charge in [0.25, 0.3) is 0 Å². The van der Waals surface area contributed by atoms with Crippen LogP contribution in [0, 0.1) is 6.92 Å². The Bertz CT molecular complexity index is 440. The Morgan fingerprint density at radius 2 is 1.87 bits per heavy atom. The highest BCUT2D eigenvalue weighted by atomic mass is 14.8. The van der Waals surface area contributed by atoms with E-state index in [9.17, 15) is 0 Å². The molecule has 2 rings (SSSR count).